The van der Waals surface area contributed by atoms with Gasteiger partial charge in [-0.25, -0.2) is 4.98 Å². The van der Waals surface area contributed by atoms with Crippen molar-refractivity contribution in [3.63, 3.8) is 0 Å². The molecule has 0 aliphatic heterocycles. The predicted octanol–water partition coefficient (Wildman–Crippen LogP) is 4.75. The van der Waals surface area contributed by atoms with Crippen molar-refractivity contribution in [2.75, 3.05) is 5.32 Å². The van der Waals surface area contributed by atoms with Crippen molar-refractivity contribution in [2.45, 2.75) is 34.2 Å². The van der Waals surface area contributed by atoms with Crippen molar-refractivity contribution in [3.8, 4) is 0 Å². The molecule has 0 amide bonds. The minimum absolute atomic E-state index is 0.848. The van der Waals surface area contributed by atoms with E-state index in [1.54, 1.807) is 11.3 Å². The highest BCUT2D eigenvalue weighted by molar-refractivity contribution is 9.10. The van der Waals surface area contributed by atoms with Crippen molar-refractivity contribution >= 4 is 33.0 Å². The molecule has 0 fully saturated rings. The van der Waals surface area contributed by atoms with E-state index in [1.807, 2.05) is 0 Å². The summed E-state index contributed by atoms with van der Waals surface area (Å²) in [6, 6.07) is 4.28. The molecular weight excluding hydrogens is 308 g/mol. The first-order chi connectivity index (χ1) is 8.47. The molecule has 1 heterocycles. The standard InChI is InChI=1S/C14H17BrN2S/c1-8-5-12(15)6-9(2)14(8)16-7-13-10(3)17-11(4)18-13/h5-6,16H,7H2,1-4H3. The highest BCUT2D eigenvalue weighted by Crippen LogP contribution is 2.26. The molecule has 96 valence electrons. The van der Waals surface area contributed by atoms with Gasteiger partial charge in [-0.05, 0) is 51.0 Å². The molecule has 1 aromatic heterocycles. The number of nitrogens with zero attached hydrogens (tertiary/aromatic N) is 1. The van der Waals surface area contributed by atoms with Crippen LogP contribution in [-0.2, 0) is 6.54 Å². The zero-order chi connectivity index (χ0) is 13.3. The molecule has 2 nitrogen and oxygen atoms in total. The minimum atomic E-state index is 0.848. The van der Waals surface area contributed by atoms with Crippen LogP contribution in [0.5, 0.6) is 0 Å². The Morgan fingerprint density at radius 1 is 1.17 bits per heavy atom. The Hall–Kier alpha value is -0.870. The second kappa shape index (κ2) is 5.41. The molecule has 2 rings (SSSR count). The number of hydrogen-bond donors (Lipinski definition) is 1. The van der Waals surface area contributed by atoms with Gasteiger partial charge in [0.05, 0.1) is 17.2 Å². The summed E-state index contributed by atoms with van der Waals surface area (Å²) >= 11 is 5.29. The number of rotatable bonds is 3. The molecule has 0 saturated carbocycles. The van der Waals surface area contributed by atoms with Crippen molar-refractivity contribution < 1.29 is 0 Å². The van der Waals surface area contributed by atoms with E-state index in [4.69, 9.17) is 0 Å². The molecule has 0 spiro atoms. The monoisotopic (exact) mass is 324 g/mol. The van der Waals surface area contributed by atoms with Crippen LogP contribution in [0.4, 0.5) is 5.69 Å². The van der Waals surface area contributed by atoms with E-state index in [0.717, 1.165) is 21.7 Å². The predicted molar refractivity (Wildman–Crippen MR) is 82.5 cm³/mol. The molecule has 4 heteroatoms. The number of aryl methyl sites for hydroxylation is 4. The van der Waals surface area contributed by atoms with E-state index >= 15 is 0 Å². The first-order valence-electron chi connectivity index (χ1n) is 5.91. The highest BCUT2D eigenvalue weighted by atomic mass is 79.9. The van der Waals surface area contributed by atoms with Crippen LogP contribution < -0.4 is 5.32 Å². The first kappa shape index (κ1) is 13.6. The van der Waals surface area contributed by atoms with Crippen LogP contribution >= 0.6 is 27.3 Å². The van der Waals surface area contributed by atoms with E-state index < -0.39 is 0 Å². The van der Waals surface area contributed by atoms with Gasteiger partial charge in [-0.15, -0.1) is 11.3 Å². The van der Waals surface area contributed by atoms with Gasteiger partial charge in [-0.1, -0.05) is 15.9 Å². The molecular formula is C14H17BrN2S. The van der Waals surface area contributed by atoms with E-state index in [9.17, 15) is 0 Å². The number of thiazole rings is 1. The van der Waals surface area contributed by atoms with Crippen LogP contribution in [0.1, 0.15) is 26.7 Å². The molecule has 0 aliphatic rings. The maximum Gasteiger partial charge on any atom is 0.0900 e. The minimum Gasteiger partial charge on any atom is -0.380 e. The van der Waals surface area contributed by atoms with Gasteiger partial charge < -0.3 is 5.32 Å². The van der Waals surface area contributed by atoms with Gasteiger partial charge in [0.1, 0.15) is 0 Å². The molecule has 2 aromatic rings. The summed E-state index contributed by atoms with van der Waals surface area (Å²) in [5, 5.41) is 4.66. The summed E-state index contributed by atoms with van der Waals surface area (Å²) in [5.41, 5.74) is 4.89. The maximum absolute atomic E-state index is 4.45. The lowest BCUT2D eigenvalue weighted by atomic mass is 10.1. The van der Waals surface area contributed by atoms with Crippen molar-refractivity contribution in [3.05, 3.63) is 43.3 Å². The van der Waals surface area contributed by atoms with Crippen molar-refractivity contribution in [1.82, 2.24) is 4.98 Å². The molecule has 1 aromatic carbocycles. The Kier molecular flexibility index (Phi) is 4.07. The van der Waals surface area contributed by atoms with Crippen molar-refractivity contribution in [1.29, 1.82) is 0 Å². The van der Waals surface area contributed by atoms with Gasteiger partial charge in [0.2, 0.25) is 0 Å². The molecule has 0 aliphatic carbocycles. The average molecular weight is 325 g/mol. The highest BCUT2D eigenvalue weighted by Gasteiger charge is 2.07. The average Bonchev–Trinajstić information content (AvgIpc) is 2.55. The summed E-state index contributed by atoms with van der Waals surface area (Å²) in [4.78, 5) is 5.77. The van der Waals surface area contributed by atoms with Gasteiger partial charge in [-0.3, -0.25) is 0 Å². The fourth-order valence-corrected chi connectivity index (χ4v) is 3.66. The third-order valence-corrected chi connectivity index (χ3v) is 4.45. The maximum atomic E-state index is 4.45. The molecule has 0 atom stereocenters. The third kappa shape index (κ3) is 2.93. The second-order valence-corrected chi connectivity index (χ2v) is 6.71. The number of anilines is 1. The van der Waals surface area contributed by atoms with Crippen molar-refractivity contribution in [2.24, 2.45) is 0 Å². The van der Waals surface area contributed by atoms with Crippen LogP contribution in [0.3, 0.4) is 0 Å². The summed E-state index contributed by atoms with van der Waals surface area (Å²) in [5.74, 6) is 0. The lowest BCUT2D eigenvalue weighted by molar-refractivity contribution is 1.10. The second-order valence-electron chi connectivity index (χ2n) is 4.51. The van der Waals surface area contributed by atoms with Crippen LogP contribution in [0, 0.1) is 27.7 Å². The van der Waals surface area contributed by atoms with Gasteiger partial charge in [-0.2, -0.15) is 0 Å². The number of hydrogen-bond acceptors (Lipinski definition) is 3. The number of halogens is 1. The summed E-state index contributed by atoms with van der Waals surface area (Å²) in [7, 11) is 0. The topological polar surface area (TPSA) is 24.9 Å². The van der Waals surface area contributed by atoms with E-state index in [2.05, 4.69) is 66.1 Å². The van der Waals surface area contributed by atoms with Gasteiger partial charge in [0, 0.05) is 15.0 Å². The van der Waals surface area contributed by atoms with E-state index in [-0.39, 0.29) is 0 Å². The lowest BCUT2D eigenvalue weighted by Crippen LogP contribution is -2.02. The molecule has 0 bridgehead atoms. The summed E-state index contributed by atoms with van der Waals surface area (Å²) in [6.45, 7) is 9.23. The molecule has 1 N–H and O–H groups in total. The molecule has 0 saturated heterocycles. The van der Waals surface area contributed by atoms with Crippen LogP contribution in [0.2, 0.25) is 0 Å². The van der Waals surface area contributed by atoms with Crippen LogP contribution in [-0.4, -0.2) is 4.98 Å². The third-order valence-electron chi connectivity index (χ3n) is 2.92. The molecule has 0 radical (unpaired) electrons. The van der Waals surface area contributed by atoms with E-state index in [0.29, 0.717) is 0 Å². The summed E-state index contributed by atoms with van der Waals surface area (Å²) < 4.78 is 1.13. The number of nitrogens with one attached hydrogen (secondary N) is 1. The molecule has 0 unspecified atom stereocenters. The Morgan fingerprint density at radius 2 is 1.78 bits per heavy atom. The van der Waals surface area contributed by atoms with Gasteiger partial charge >= 0.3 is 0 Å². The summed E-state index contributed by atoms with van der Waals surface area (Å²) in [6.07, 6.45) is 0. The Bertz CT molecular complexity index is 552. The fourth-order valence-electron chi connectivity index (χ4n) is 2.10. The Balaban J connectivity index is 2.18. The number of benzene rings is 1. The van der Waals surface area contributed by atoms with E-state index in [1.165, 1.54) is 21.7 Å². The first-order valence-corrected chi connectivity index (χ1v) is 7.52. The smallest absolute Gasteiger partial charge is 0.0900 e. The SMILES string of the molecule is Cc1nc(C)c(CNc2c(C)cc(Br)cc2C)s1. The normalized spacial score (nSPS) is 10.7. The van der Waals surface area contributed by atoms with Gasteiger partial charge in [0.25, 0.3) is 0 Å². The Morgan fingerprint density at radius 3 is 2.28 bits per heavy atom. The van der Waals surface area contributed by atoms with Crippen LogP contribution in [0.25, 0.3) is 0 Å². The number of aromatic nitrogens is 1. The molecule has 18 heavy (non-hydrogen) atoms. The zero-order valence-electron chi connectivity index (χ0n) is 11.1. The van der Waals surface area contributed by atoms with Gasteiger partial charge in [0.15, 0.2) is 0 Å². The van der Waals surface area contributed by atoms with Crippen LogP contribution in [0.15, 0.2) is 16.6 Å². The largest absolute Gasteiger partial charge is 0.380 e. The quantitative estimate of drug-likeness (QED) is 0.881. The zero-order valence-corrected chi connectivity index (χ0v) is 13.5. The lowest BCUT2D eigenvalue weighted by Gasteiger charge is -2.13. The fraction of sp³-hybridized carbons (Fsp3) is 0.357. The Labute approximate surface area is 121 Å².